The first-order chi connectivity index (χ1) is 9.85. The molecule has 0 saturated heterocycles. The molecule has 1 atom stereocenters. The fourth-order valence-corrected chi connectivity index (χ4v) is 2.23. The van der Waals surface area contributed by atoms with Gasteiger partial charge in [0.2, 0.25) is 0 Å². The normalized spacial score (nSPS) is 15.9. The fraction of sp³-hybridized carbons (Fsp3) is 0.375. The quantitative estimate of drug-likeness (QED) is 0.605. The maximum absolute atomic E-state index is 9.42. The van der Waals surface area contributed by atoms with Crippen LogP contribution in [0.3, 0.4) is 0 Å². The molecular formula is C16H23N3O. The lowest BCUT2D eigenvalue weighted by Crippen LogP contribution is -2.37. The number of aliphatic hydroxyl groups is 1. The van der Waals surface area contributed by atoms with Crippen LogP contribution in [-0.2, 0) is 0 Å². The molecule has 0 fully saturated rings. The Morgan fingerprint density at radius 1 is 1.30 bits per heavy atom. The van der Waals surface area contributed by atoms with E-state index in [-0.39, 0.29) is 12.6 Å². The van der Waals surface area contributed by atoms with Gasteiger partial charge < -0.3 is 21.1 Å². The van der Waals surface area contributed by atoms with Gasteiger partial charge in [-0.3, -0.25) is 0 Å². The van der Waals surface area contributed by atoms with Gasteiger partial charge >= 0.3 is 0 Å². The summed E-state index contributed by atoms with van der Waals surface area (Å²) in [6.45, 7) is 4.70. The van der Waals surface area contributed by atoms with Crippen LogP contribution in [0.4, 0.5) is 0 Å². The van der Waals surface area contributed by atoms with Gasteiger partial charge in [0.25, 0.3) is 0 Å². The molecule has 0 aromatic heterocycles. The molecule has 1 aliphatic rings. The first kappa shape index (κ1) is 14.6. The molecule has 1 unspecified atom stereocenters. The van der Waals surface area contributed by atoms with E-state index in [0.717, 1.165) is 31.0 Å². The van der Waals surface area contributed by atoms with Crippen molar-refractivity contribution in [3.05, 3.63) is 59.4 Å². The number of rotatable bonds is 7. The second kappa shape index (κ2) is 7.72. The summed E-state index contributed by atoms with van der Waals surface area (Å²) >= 11 is 0. The van der Waals surface area contributed by atoms with Crippen molar-refractivity contribution in [1.82, 2.24) is 16.0 Å². The van der Waals surface area contributed by atoms with Gasteiger partial charge in [-0.15, -0.1) is 0 Å². The van der Waals surface area contributed by atoms with E-state index in [1.807, 2.05) is 30.4 Å². The lowest BCUT2D eigenvalue weighted by molar-refractivity contribution is 0.330. The van der Waals surface area contributed by atoms with Crippen molar-refractivity contribution in [2.24, 2.45) is 0 Å². The zero-order chi connectivity index (χ0) is 14.2. The van der Waals surface area contributed by atoms with Crippen LogP contribution in [0.1, 0.15) is 18.5 Å². The van der Waals surface area contributed by atoms with Crippen LogP contribution < -0.4 is 16.0 Å². The minimum absolute atomic E-state index is 0.0363. The van der Waals surface area contributed by atoms with Crippen molar-refractivity contribution in [1.29, 1.82) is 0 Å². The maximum Gasteiger partial charge on any atom is 0.105 e. The standard InChI is InChI=1S/C16H23N3O/c1-2-17-11-15(13-7-4-3-5-8-13)19-16-14(12-20)9-6-10-18-16/h3-9,15,17-20H,2,10-12H2,1H3. The van der Waals surface area contributed by atoms with E-state index in [0.29, 0.717) is 0 Å². The highest BCUT2D eigenvalue weighted by Crippen LogP contribution is 2.15. The predicted octanol–water partition coefficient (Wildman–Crippen LogP) is 1.29. The third-order valence-corrected chi connectivity index (χ3v) is 3.33. The summed E-state index contributed by atoms with van der Waals surface area (Å²) in [7, 11) is 0. The Morgan fingerprint density at radius 2 is 2.10 bits per heavy atom. The highest BCUT2D eigenvalue weighted by Gasteiger charge is 2.14. The third-order valence-electron chi connectivity index (χ3n) is 3.33. The smallest absolute Gasteiger partial charge is 0.105 e. The van der Waals surface area contributed by atoms with Crippen LogP contribution in [0.25, 0.3) is 0 Å². The summed E-state index contributed by atoms with van der Waals surface area (Å²) in [5.41, 5.74) is 2.13. The topological polar surface area (TPSA) is 56.3 Å². The number of benzene rings is 1. The van der Waals surface area contributed by atoms with Crippen molar-refractivity contribution in [3.63, 3.8) is 0 Å². The van der Waals surface area contributed by atoms with Crippen molar-refractivity contribution < 1.29 is 5.11 Å². The Morgan fingerprint density at radius 3 is 2.80 bits per heavy atom. The van der Waals surface area contributed by atoms with E-state index in [4.69, 9.17) is 0 Å². The third kappa shape index (κ3) is 3.85. The van der Waals surface area contributed by atoms with Gasteiger partial charge in [-0.05, 0) is 12.1 Å². The Hall–Kier alpha value is -1.78. The average molecular weight is 273 g/mol. The molecule has 4 heteroatoms. The van der Waals surface area contributed by atoms with E-state index in [1.54, 1.807) is 0 Å². The summed E-state index contributed by atoms with van der Waals surface area (Å²) in [6.07, 6.45) is 3.98. The number of likely N-dealkylation sites (N-methyl/N-ethyl adjacent to an activating group) is 1. The van der Waals surface area contributed by atoms with Crippen molar-refractivity contribution in [2.45, 2.75) is 13.0 Å². The zero-order valence-corrected chi connectivity index (χ0v) is 11.9. The summed E-state index contributed by atoms with van der Waals surface area (Å²) in [6, 6.07) is 10.5. The van der Waals surface area contributed by atoms with Gasteiger partial charge in [0, 0.05) is 18.7 Å². The Bertz CT molecular complexity index is 468. The molecule has 0 spiro atoms. The molecule has 108 valence electrons. The lowest BCUT2D eigenvalue weighted by atomic mass is 10.1. The molecule has 2 rings (SSSR count). The fourth-order valence-electron chi connectivity index (χ4n) is 2.23. The molecule has 1 aliphatic heterocycles. The molecule has 1 heterocycles. The molecule has 1 aromatic rings. The predicted molar refractivity (Wildman–Crippen MR) is 82.1 cm³/mol. The average Bonchev–Trinajstić information content (AvgIpc) is 2.52. The summed E-state index contributed by atoms with van der Waals surface area (Å²) in [4.78, 5) is 0. The number of dihydropyridines is 1. The Kier molecular flexibility index (Phi) is 5.65. The van der Waals surface area contributed by atoms with E-state index in [2.05, 4.69) is 35.0 Å². The van der Waals surface area contributed by atoms with Crippen molar-refractivity contribution >= 4 is 0 Å². The van der Waals surface area contributed by atoms with Crippen molar-refractivity contribution in [2.75, 3.05) is 26.2 Å². The van der Waals surface area contributed by atoms with E-state index >= 15 is 0 Å². The SMILES string of the molecule is CCNCC(NC1=C(CO)C=CCN1)c1ccccc1. The number of aliphatic hydroxyl groups excluding tert-OH is 1. The van der Waals surface area contributed by atoms with Gasteiger partial charge in [-0.2, -0.15) is 0 Å². The first-order valence-corrected chi connectivity index (χ1v) is 7.11. The number of hydrogen-bond donors (Lipinski definition) is 4. The lowest BCUT2D eigenvalue weighted by Gasteiger charge is -2.26. The highest BCUT2D eigenvalue weighted by atomic mass is 16.3. The molecular weight excluding hydrogens is 250 g/mol. The molecule has 0 saturated carbocycles. The van der Waals surface area contributed by atoms with Gasteiger partial charge in [0.05, 0.1) is 12.6 Å². The molecule has 1 aromatic carbocycles. The molecule has 0 bridgehead atoms. The second-order valence-corrected chi connectivity index (χ2v) is 4.76. The minimum Gasteiger partial charge on any atom is -0.392 e. The molecule has 20 heavy (non-hydrogen) atoms. The van der Waals surface area contributed by atoms with Gasteiger partial charge in [0.1, 0.15) is 5.82 Å². The number of hydrogen-bond acceptors (Lipinski definition) is 4. The van der Waals surface area contributed by atoms with Crippen LogP contribution in [-0.4, -0.2) is 31.3 Å². The first-order valence-electron chi connectivity index (χ1n) is 7.11. The van der Waals surface area contributed by atoms with Gasteiger partial charge in [0.15, 0.2) is 0 Å². The molecule has 0 amide bonds. The molecule has 4 nitrogen and oxygen atoms in total. The summed E-state index contributed by atoms with van der Waals surface area (Å²) in [5.74, 6) is 0.918. The van der Waals surface area contributed by atoms with Crippen LogP contribution in [0.15, 0.2) is 53.9 Å². The maximum atomic E-state index is 9.42. The van der Waals surface area contributed by atoms with Crippen LogP contribution >= 0.6 is 0 Å². The molecule has 0 radical (unpaired) electrons. The van der Waals surface area contributed by atoms with E-state index in [9.17, 15) is 5.11 Å². The second-order valence-electron chi connectivity index (χ2n) is 4.76. The molecule has 4 N–H and O–H groups in total. The van der Waals surface area contributed by atoms with Gasteiger partial charge in [-0.25, -0.2) is 0 Å². The van der Waals surface area contributed by atoms with E-state index in [1.165, 1.54) is 5.56 Å². The zero-order valence-electron chi connectivity index (χ0n) is 11.9. The number of nitrogens with one attached hydrogen (secondary N) is 3. The van der Waals surface area contributed by atoms with Crippen LogP contribution in [0, 0.1) is 0 Å². The van der Waals surface area contributed by atoms with E-state index < -0.39 is 0 Å². The van der Waals surface area contributed by atoms with Crippen LogP contribution in [0.2, 0.25) is 0 Å². The minimum atomic E-state index is 0.0363. The summed E-state index contributed by atoms with van der Waals surface area (Å²) < 4.78 is 0. The van der Waals surface area contributed by atoms with Gasteiger partial charge in [-0.1, -0.05) is 49.4 Å². The molecule has 0 aliphatic carbocycles. The Balaban J connectivity index is 2.15. The van der Waals surface area contributed by atoms with Crippen LogP contribution in [0.5, 0.6) is 0 Å². The van der Waals surface area contributed by atoms with Crippen molar-refractivity contribution in [3.8, 4) is 0 Å². The Labute approximate surface area is 120 Å². The largest absolute Gasteiger partial charge is 0.392 e. The monoisotopic (exact) mass is 273 g/mol. The highest BCUT2D eigenvalue weighted by molar-refractivity contribution is 5.30. The summed E-state index contributed by atoms with van der Waals surface area (Å²) in [5, 5.41) is 19.6.